The van der Waals surface area contributed by atoms with Gasteiger partial charge in [0, 0.05) is 25.4 Å². The van der Waals surface area contributed by atoms with Crippen LogP contribution in [0.3, 0.4) is 0 Å². The zero-order chi connectivity index (χ0) is 15.7. The second-order valence-electron chi connectivity index (χ2n) is 5.42. The molecule has 1 saturated heterocycles. The minimum atomic E-state index is -0.880. The van der Waals surface area contributed by atoms with Gasteiger partial charge in [-0.25, -0.2) is 0 Å². The number of pyridine rings is 1. The molecule has 1 amide bonds. The lowest BCUT2D eigenvalue weighted by atomic mass is 9.99. The Morgan fingerprint density at radius 1 is 1.32 bits per heavy atom. The Bertz CT molecular complexity index is 698. The summed E-state index contributed by atoms with van der Waals surface area (Å²) >= 11 is 0. The van der Waals surface area contributed by atoms with Gasteiger partial charge in [-0.2, -0.15) is 0 Å². The number of carbonyl (C=O) groups is 2. The molecule has 1 fully saturated rings. The molecule has 0 bridgehead atoms. The van der Waals surface area contributed by atoms with Crippen molar-refractivity contribution in [3.05, 3.63) is 36.2 Å². The molecule has 0 aromatic carbocycles. The number of rotatable bonds is 3. The first-order valence-corrected chi connectivity index (χ1v) is 6.96. The molecule has 0 spiro atoms. The van der Waals surface area contributed by atoms with Crippen molar-refractivity contribution in [1.29, 1.82) is 0 Å². The highest BCUT2D eigenvalue weighted by Gasteiger charge is 2.38. The summed E-state index contributed by atoms with van der Waals surface area (Å²) in [7, 11) is 0. The smallest absolute Gasteiger partial charge is 0.308 e. The molecule has 3 heterocycles. The van der Waals surface area contributed by atoms with Gasteiger partial charge >= 0.3 is 5.97 Å². The molecule has 2 aromatic rings. The summed E-state index contributed by atoms with van der Waals surface area (Å²) in [5.41, 5.74) is 1.09. The molecule has 3 rings (SSSR count). The first kappa shape index (κ1) is 14.2. The molecule has 114 valence electrons. The van der Waals surface area contributed by atoms with Crippen molar-refractivity contribution < 1.29 is 19.2 Å². The van der Waals surface area contributed by atoms with E-state index in [1.54, 1.807) is 18.3 Å². The molecule has 1 aliphatic heterocycles. The predicted octanol–water partition coefficient (Wildman–Crippen LogP) is 1.53. The van der Waals surface area contributed by atoms with Crippen molar-refractivity contribution in [2.45, 2.75) is 6.92 Å². The molecule has 7 heteroatoms. The Labute approximate surface area is 126 Å². The summed E-state index contributed by atoms with van der Waals surface area (Å²) < 4.78 is 5.10. The number of aromatic nitrogens is 2. The minimum Gasteiger partial charge on any atom is -0.481 e. The Kier molecular flexibility index (Phi) is 3.62. The summed E-state index contributed by atoms with van der Waals surface area (Å²) in [4.78, 5) is 29.1. The SMILES string of the molecule is C[C@@H]1CN(C(=O)c2cc(-c3ccccn3)no2)C[C@H]1C(=O)O. The van der Waals surface area contributed by atoms with E-state index < -0.39 is 11.9 Å². The molecule has 1 aliphatic rings. The fraction of sp³-hybridized carbons (Fsp3) is 0.333. The van der Waals surface area contributed by atoms with Gasteiger partial charge in [-0.05, 0) is 18.1 Å². The van der Waals surface area contributed by atoms with Crippen molar-refractivity contribution >= 4 is 11.9 Å². The highest BCUT2D eigenvalue weighted by Crippen LogP contribution is 2.25. The van der Waals surface area contributed by atoms with E-state index in [9.17, 15) is 9.59 Å². The zero-order valence-electron chi connectivity index (χ0n) is 12.0. The Morgan fingerprint density at radius 2 is 2.14 bits per heavy atom. The van der Waals surface area contributed by atoms with Crippen molar-refractivity contribution in [1.82, 2.24) is 15.0 Å². The number of nitrogens with zero attached hydrogens (tertiary/aromatic N) is 3. The van der Waals surface area contributed by atoms with E-state index in [0.29, 0.717) is 17.9 Å². The first-order valence-electron chi connectivity index (χ1n) is 6.96. The van der Waals surface area contributed by atoms with Crippen LogP contribution >= 0.6 is 0 Å². The fourth-order valence-corrected chi connectivity index (χ4v) is 2.62. The molecular formula is C15H15N3O4. The van der Waals surface area contributed by atoms with Crippen LogP contribution < -0.4 is 0 Å². The van der Waals surface area contributed by atoms with E-state index in [0.717, 1.165) is 0 Å². The lowest BCUT2D eigenvalue weighted by Gasteiger charge is -2.13. The van der Waals surface area contributed by atoms with E-state index in [-0.39, 0.29) is 24.1 Å². The standard InChI is InChI=1S/C15H15N3O4/c1-9-7-18(8-10(9)15(20)21)14(19)13-6-12(17-22-13)11-4-2-3-5-16-11/h2-6,9-10H,7-8H2,1H3,(H,20,21)/t9-,10-/m1/s1. The van der Waals surface area contributed by atoms with E-state index in [1.807, 2.05) is 13.0 Å². The third-order valence-electron chi connectivity index (χ3n) is 3.87. The van der Waals surface area contributed by atoms with Crippen LogP contribution in [0.15, 0.2) is 35.0 Å². The lowest BCUT2D eigenvalue weighted by Crippen LogP contribution is -2.29. The van der Waals surface area contributed by atoms with Crippen molar-refractivity contribution in [2.24, 2.45) is 11.8 Å². The molecule has 0 radical (unpaired) electrons. The molecule has 0 aliphatic carbocycles. The number of likely N-dealkylation sites (tertiary alicyclic amines) is 1. The van der Waals surface area contributed by atoms with E-state index in [1.165, 1.54) is 11.0 Å². The third-order valence-corrected chi connectivity index (χ3v) is 3.87. The molecule has 2 atom stereocenters. The summed E-state index contributed by atoms with van der Waals surface area (Å²) in [5, 5.41) is 13.0. The maximum absolute atomic E-state index is 12.4. The average Bonchev–Trinajstić information content (AvgIpc) is 3.14. The van der Waals surface area contributed by atoms with Gasteiger partial charge in [-0.3, -0.25) is 14.6 Å². The normalized spacial score (nSPS) is 21.0. The van der Waals surface area contributed by atoms with E-state index >= 15 is 0 Å². The molecule has 22 heavy (non-hydrogen) atoms. The molecule has 7 nitrogen and oxygen atoms in total. The number of carbonyl (C=O) groups excluding carboxylic acids is 1. The molecular weight excluding hydrogens is 286 g/mol. The van der Waals surface area contributed by atoms with Crippen molar-refractivity contribution in [2.75, 3.05) is 13.1 Å². The highest BCUT2D eigenvalue weighted by atomic mass is 16.5. The van der Waals surface area contributed by atoms with Crippen LogP contribution in [0.5, 0.6) is 0 Å². The van der Waals surface area contributed by atoms with Gasteiger partial charge in [-0.1, -0.05) is 18.1 Å². The summed E-state index contributed by atoms with van der Waals surface area (Å²) in [6.45, 7) is 2.41. The number of hydrogen-bond acceptors (Lipinski definition) is 5. The number of carboxylic acids is 1. The summed E-state index contributed by atoms with van der Waals surface area (Å²) in [5.74, 6) is -1.75. The van der Waals surface area contributed by atoms with Crippen LogP contribution in [-0.4, -0.2) is 45.1 Å². The molecule has 0 unspecified atom stereocenters. The quantitative estimate of drug-likeness (QED) is 0.923. The Balaban J connectivity index is 1.77. The second kappa shape index (κ2) is 5.59. The number of hydrogen-bond donors (Lipinski definition) is 1. The lowest BCUT2D eigenvalue weighted by molar-refractivity contribution is -0.142. The van der Waals surface area contributed by atoms with Crippen LogP contribution in [0.25, 0.3) is 11.4 Å². The number of amides is 1. The van der Waals surface area contributed by atoms with E-state index in [2.05, 4.69) is 10.1 Å². The topological polar surface area (TPSA) is 96.5 Å². The first-order chi connectivity index (χ1) is 10.6. The average molecular weight is 301 g/mol. The number of carboxylic acid groups (broad SMARTS) is 1. The minimum absolute atomic E-state index is 0.0837. The van der Waals surface area contributed by atoms with Crippen LogP contribution in [0, 0.1) is 11.8 Å². The van der Waals surface area contributed by atoms with Crippen LogP contribution in [0.1, 0.15) is 17.5 Å². The van der Waals surface area contributed by atoms with Crippen LogP contribution in [0.4, 0.5) is 0 Å². The third kappa shape index (κ3) is 2.57. The monoisotopic (exact) mass is 301 g/mol. The van der Waals surface area contributed by atoms with Gasteiger partial charge in [0.05, 0.1) is 11.6 Å². The van der Waals surface area contributed by atoms with Crippen molar-refractivity contribution in [3.63, 3.8) is 0 Å². The van der Waals surface area contributed by atoms with Gasteiger partial charge in [0.2, 0.25) is 5.76 Å². The summed E-state index contributed by atoms with van der Waals surface area (Å²) in [6.07, 6.45) is 1.63. The molecule has 0 saturated carbocycles. The Morgan fingerprint density at radius 3 is 2.77 bits per heavy atom. The molecule has 2 aromatic heterocycles. The maximum atomic E-state index is 12.4. The van der Waals surface area contributed by atoms with Crippen LogP contribution in [0.2, 0.25) is 0 Å². The fourth-order valence-electron chi connectivity index (χ4n) is 2.62. The number of aliphatic carboxylic acids is 1. The molecule has 1 N–H and O–H groups in total. The zero-order valence-corrected chi connectivity index (χ0v) is 12.0. The van der Waals surface area contributed by atoms with Crippen molar-refractivity contribution in [3.8, 4) is 11.4 Å². The van der Waals surface area contributed by atoms with Gasteiger partial charge in [0.25, 0.3) is 5.91 Å². The van der Waals surface area contributed by atoms with Crippen LogP contribution in [-0.2, 0) is 4.79 Å². The van der Waals surface area contributed by atoms with E-state index in [4.69, 9.17) is 9.63 Å². The maximum Gasteiger partial charge on any atom is 0.308 e. The van der Waals surface area contributed by atoms with Gasteiger partial charge in [0.1, 0.15) is 5.69 Å². The van der Waals surface area contributed by atoms with Gasteiger partial charge in [0.15, 0.2) is 0 Å². The highest BCUT2D eigenvalue weighted by molar-refractivity contribution is 5.93. The Hall–Kier alpha value is -2.70. The van der Waals surface area contributed by atoms with Gasteiger partial charge in [-0.15, -0.1) is 0 Å². The second-order valence-corrected chi connectivity index (χ2v) is 5.42. The largest absolute Gasteiger partial charge is 0.481 e. The predicted molar refractivity (Wildman–Crippen MR) is 75.9 cm³/mol. The van der Waals surface area contributed by atoms with Gasteiger partial charge < -0.3 is 14.5 Å². The summed E-state index contributed by atoms with van der Waals surface area (Å²) in [6, 6.07) is 6.90.